The van der Waals surface area contributed by atoms with Crippen molar-refractivity contribution < 1.29 is 19.1 Å². The molecule has 2 aromatic rings. The van der Waals surface area contributed by atoms with Crippen LogP contribution in [-0.4, -0.2) is 11.9 Å². The van der Waals surface area contributed by atoms with Gasteiger partial charge in [-0.25, -0.2) is 9.59 Å². The molecule has 0 saturated heterocycles. The normalized spacial score (nSPS) is 10.4. The molecule has 0 amide bonds. The van der Waals surface area contributed by atoms with E-state index in [-0.39, 0.29) is 0 Å². The fourth-order valence-corrected chi connectivity index (χ4v) is 1.51. The second-order valence-electron chi connectivity index (χ2n) is 4.31. The predicted octanol–water partition coefficient (Wildman–Crippen LogP) is 1.92. The summed E-state index contributed by atoms with van der Waals surface area (Å²) in [6.45, 7) is 0. The second kappa shape index (κ2) is 6.94. The third kappa shape index (κ3) is 4.68. The third-order valence-electron chi connectivity index (χ3n) is 2.55. The Morgan fingerprint density at radius 2 is 1.00 bits per heavy atom. The van der Waals surface area contributed by atoms with Crippen LogP contribution in [0.25, 0.3) is 0 Å². The van der Waals surface area contributed by atoms with Crippen LogP contribution >= 0.6 is 0 Å². The first kappa shape index (κ1) is 15.1. The van der Waals surface area contributed by atoms with Gasteiger partial charge in [-0.15, -0.1) is 0 Å². The Hall–Kier alpha value is -3.28. The van der Waals surface area contributed by atoms with Crippen molar-refractivity contribution >= 4 is 23.3 Å². The standard InChI is InChI=1S/C16H14N2O4/c17-11-1-5-13(6-2-11)21-15(19)9-10-16(20)22-14-7-3-12(18)4-8-14/h1-10H,17-18H2/b10-9-. The van der Waals surface area contributed by atoms with Crippen LogP contribution in [0.2, 0.25) is 0 Å². The van der Waals surface area contributed by atoms with Gasteiger partial charge in [-0.05, 0) is 48.5 Å². The van der Waals surface area contributed by atoms with Crippen LogP contribution in [0.4, 0.5) is 11.4 Å². The van der Waals surface area contributed by atoms with Crippen molar-refractivity contribution in [2.45, 2.75) is 0 Å². The van der Waals surface area contributed by atoms with Crippen molar-refractivity contribution in [3.8, 4) is 11.5 Å². The Labute approximate surface area is 126 Å². The minimum Gasteiger partial charge on any atom is -0.423 e. The van der Waals surface area contributed by atoms with Gasteiger partial charge >= 0.3 is 11.9 Å². The molecule has 6 heteroatoms. The van der Waals surface area contributed by atoms with Crippen molar-refractivity contribution in [1.29, 1.82) is 0 Å². The van der Waals surface area contributed by atoms with Gasteiger partial charge in [0.25, 0.3) is 0 Å². The summed E-state index contributed by atoms with van der Waals surface area (Å²) < 4.78 is 9.96. The average Bonchev–Trinajstić information content (AvgIpc) is 2.50. The van der Waals surface area contributed by atoms with Crippen LogP contribution < -0.4 is 20.9 Å². The lowest BCUT2D eigenvalue weighted by molar-refractivity contribution is -0.131. The Balaban J connectivity index is 1.87. The summed E-state index contributed by atoms with van der Waals surface area (Å²) in [6, 6.07) is 12.6. The number of carbonyl (C=O) groups is 2. The fraction of sp³-hybridized carbons (Fsp3) is 0. The molecule has 0 unspecified atom stereocenters. The molecule has 0 bridgehead atoms. The lowest BCUT2D eigenvalue weighted by Gasteiger charge is -2.02. The van der Waals surface area contributed by atoms with Gasteiger partial charge in [-0.1, -0.05) is 0 Å². The number of esters is 2. The van der Waals surface area contributed by atoms with Crippen molar-refractivity contribution in [2.24, 2.45) is 0 Å². The molecule has 0 radical (unpaired) electrons. The smallest absolute Gasteiger partial charge is 0.336 e. The molecule has 0 fully saturated rings. The SMILES string of the molecule is Nc1ccc(OC(=O)/C=C\C(=O)Oc2ccc(N)cc2)cc1. The summed E-state index contributed by atoms with van der Waals surface area (Å²) in [5.41, 5.74) is 12.1. The average molecular weight is 298 g/mol. The number of rotatable bonds is 4. The first-order chi connectivity index (χ1) is 10.5. The van der Waals surface area contributed by atoms with E-state index in [1.807, 2.05) is 0 Å². The molecule has 0 aliphatic carbocycles. The number of hydrogen-bond donors (Lipinski definition) is 2. The molecule has 0 aliphatic heterocycles. The molecule has 0 spiro atoms. The van der Waals surface area contributed by atoms with Crippen molar-refractivity contribution in [3.05, 3.63) is 60.7 Å². The predicted molar refractivity (Wildman–Crippen MR) is 82.1 cm³/mol. The zero-order valence-electron chi connectivity index (χ0n) is 11.6. The van der Waals surface area contributed by atoms with E-state index in [4.69, 9.17) is 20.9 Å². The van der Waals surface area contributed by atoms with Gasteiger partial charge in [0.1, 0.15) is 11.5 Å². The lowest BCUT2D eigenvalue weighted by Crippen LogP contribution is -2.08. The highest BCUT2D eigenvalue weighted by atomic mass is 16.5. The van der Waals surface area contributed by atoms with Crippen LogP contribution in [0.3, 0.4) is 0 Å². The van der Waals surface area contributed by atoms with E-state index < -0.39 is 11.9 Å². The van der Waals surface area contributed by atoms with Crippen molar-refractivity contribution in [2.75, 3.05) is 11.5 Å². The molecule has 0 aliphatic rings. The van der Waals surface area contributed by atoms with Crippen LogP contribution in [-0.2, 0) is 9.59 Å². The highest BCUT2D eigenvalue weighted by Gasteiger charge is 2.04. The van der Waals surface area contributed by atoms with Crippen molar-refractivity contribution in [3.63, 3.8) is 0 Å². The molecule has 0 heterocycles. The Kier molecular flexibility index (Phi) is 4.77. The van der Waals surface area contributed by atoms with E-state index in [2.05, 4.69) is 0 Å². The molecule has 0 atom stereocenters. The monoisotopic (exact) mass is 298 g/mol. The summed E-state index contributed by atoms with van der Waals surface area (Å²) in [4.78, 5) is 23.1. The number of anilines is 2. The highest BCUT2D eigenvalue weighted by molar-refractivity contribution is 5.93. The maximum atomic E-state index is 11.5. The van der Waals surface area contributed by atoms with Gasteiger partial charge in [0.15, 0.2) is 0 Å². The Morgan fingerprint density at radius 3 is 1.32 bits per heavy atom. The Morgan fingerprint density at radius 1 is 0.682 bits per heavy atom. The van der Waals surface area contributed by atoms with E-state index in [1.54, 1.807) is 48.5 Å². The minimum absolute atomic E-state index is 0.329. The number of ether oxygens (including phenoxy) is 2. The summed E-state index contributed by atoms with van der Waals surface area (Å²) in [5.74, 6) is -0.732. The van der Waals surface area contributed by atoms with E-state index in [0.29, 0.717) is 22.9 Å². The van der Waals surface area contributed by atoms with Crippen LogP contribution in [0.1, 0.15) is 0 Å². The zero-order valence-corrected chi connectivity index (χ0v) is 11.6. The molecule has 22 heavy (non-hydrogen) atoms. The summed E-state index contributed by atoms with van der Waals surface area (Å²) >= 11 is 0. The highest BCUT2D eigenvalue weighted by Crippen LogP contribution is 2.14. The van der Waals surface area contributed by atoms with Gasteiger partial charge < -0.3 is 20.9 Å². The van der Waals surface area contributed by atoms with Gasteiger partial charge in [0.05, 0.1) is 0 Å². The molecule has 0 saturated carbocycles. The van der Waals surface area contributed by atoms with Gasteiger partial charge in [-0.3, -0.25) is 0 Å². The van der Waals surface area contributed by atoms with Crippen LogP contribution in [0, 0.1) is 0 Å². The minimum atomic E-state index is -0.695. The van der Waals surface area contributed by atoms with E-state index in [9.17, 15) is 9.59 Å². The maximum absolute atomic E-state index is 11.5. The maximum Gasteiger partial charge on any atom is 0.336 e. The molecule has 6 nitrogen and oxygen atoms in total. The summed E-state index contributed by atoms with van der Waals surface area (Å²) in [7, 11) is 0. The number of nitrogen functional groups attached to an aromatic ring is 2. The number of carbonyl (C=O) groups excluding carboxylic acids is 2. The first-order valence-corrected chi connectivity index (χ1v) is 6.36. The molecule has 0 aromatic heterocycles. The molecular weight excluding hydrogens is 284 g/mol. The third-order valence-corrected chi connectivity index (χ3v) is 2.55. The van der Waals surface area contributed by atoms with E-state index >= 15 is 0 Å². The topological polar surface area (TPSA) is 105 Å². The number of benzene rings is 2. The zero-order chi connectivity index (χ0) is 15.9. The van der Waals surface area contributed by atoms with Crippen molar-refractivity contribution in [1.82, 2.24) is 0 Å². The fourth-order valence-electron chi connectivity index (χ4n) is 1.51. The van der Waals surface area contributed by atoms with Crippen LogP contribution in [0.15, 0.2) is 60.7 Å². The summed E-state index contributed by atoms with van der Waals surface area (Å²) in [5, 5.41) is 0. The van der Waals surface area contributed by atoms with Gasteiger partial charge in [0, 0.05) is 23.5 Å². The van der Waals surface area contributed by atoms with E-state index in [1.165, 1.54) is 0 Å². The van der Waals surface area contributed by atoms with E-state index in [0.717, 1.165) is 12.2 Å². The molecular formula is C16H14N2O4. The van der Waals surface area contributed by atoms with Gasteiger partial charge in [-0.2, -0.15) is 0 Å². The first-order valence-electron chi connectivity index (χ1n) is 6.36. The largest absolute Gasteiger partial charge is 0.423 e. The van der Waals surface area contributed by atoms with Gasteiger partial charge in [0.2, 0.25) is 0 Å². The lowest BCUT2D eigenvalue weighted by atomic mass is 10.3. The summed E-state index contributed by atoms with van der Waals surface area (Å²) in [6.07, 6.45) is 1.96. The number of hydrogen-bond acceptors (Lipinski definition) is 6. The van der Waals surface area contributed by atoms with Crippen LogP contribution in [0.5, 0.6) is 11.5 Å². The molecule has 112 valence electrons. The molecule has 4 N–H and O–H groups in total. The molecule has 2 aromatic carbocycles. The second-order valence-corrected chi connectivity index (χ2v) is 4.31. The molecule has 2 rings (SSSR count). The Bertz CT molecular complexity index is 630. The number of nitrogens with two attached hydrogens (primary N) is 2. The quantitative estimate of drug-likeness (QED) is 0.387.